The highest BCUT2D eigenvalue weighted by Gasteiger charge is 2.41. The van der Waals surface area contributed by atoms with Gasteiger partial charge in [0, 0.05) is 5.41 Å². The molecule has 252 valence electrons. The fourth-order valence-electron chi connectivity index (χ4n) is 9.72. The van der Waals surface area contributed by atoms with Gasteiger partial charge in [-0.2, -0.15) is 0 Å². The minimum Gasteiger partial charge on any atom is -0.0759 e. The van der Waals surface area contributed by atoms with Crippen molar-refractivity contribution in [3.63, 3.8) is 0 Å². The topological polar surface area (TPSA) is 0 Å². The number of hydrogen-bond acceptors (Lipinski definition) is 0. The van der Waals surface area contributed by atoms with Crippen molar-refractivity contribution in [1.29, 1.82) is 0 Å². The minimum absolute atomic E-state index is 0.113. The number of allylic oxidation sites excluding steroid dienone is 3. The molecule has 0 aromatic heterocycles. The predicted molar refractivity (Wildman–Crippen MR) is 220 cm³/mol. The third kappa shape index (κ3) is 5.09. The van der Waals surface area contributed by atoms with Crippen molar-refractivity contribution < 1.29 is 0 Å². The van der Waals surface area contributed by atoms with Crippen molar-refractivity contribution in [3.8, 4) is 44.5 Å². The molecule has 6 aromatic rings. The van der Waals surface area contributed by atoms with E-state index in [0.29, 0.717) is 0 Å². The first-order valence-electron chi connectivity index (χ1n) is 19.2. The van der Waals surface area contributed by atoms with E-state index in [-0.39, 0.29) is 10.8 Å². The molecule has 0 fully saturated rings. The molecule has 0 saturated heterocycles. The summed E-state index contributed by atoms with van der Waals surface area (Å²) in [6.45, 7) is 11.7. The largest absolute Gasteiger partial charge is 0.0759 e. The average Bonchev–Trinajstić information content (AvgIpc) is 3.42. The second kappa shape index (κ2) is 12.1. The molecule has 3 aliphatic rings. The Morgan fingerprint density at radius 3 is 1.86 bits per heavy atom. The van der Waals surface area contributed by atoms with Gasteiger partial charge in [-0.25, -0.2) is 0 Å². The molecule has 0 saturated carbocycles. The van der Waals surface area contributed by atoms with Gasteiger partial charge >= 0.3 is 0 Å². The first-order chi connectivity index (χ1) is 24.8. The van der Waals surface area contributed by atoms with Crippen LogP contribution >= 0.6 is 0 Å². The maximum absolute atomic E-state index is 2.51. The maximum Gasteiger partial charge on any atom is 0.0215 e. The Balaban J connectivity index is 1.02. The Morgan fingerprint density at radius 1 is 0.588 bits per heavy atom. The van der Waals surface area contributed by atoms with Crippen molar-refractivity contribution in [2.75, 3.05) is 0 Å². The predicted octanol–water partition coefficient (Wildman–Crippen LogP) is 14.5. The van der Waals surface area contributed by atoms with Crippen LogP contribution in [0.25, 0.3) is 66.9 Å². The van der Waals surface area contributed by atoms with E-state index < -0.39 is 0 Å². The van der Waals surface area contributed by atoms with Gasteiger partial charge in [0.2, 0.25) is 0 Å². The average molecular weight is 661 g/mol. The molecule has 0 bridgehead atoms. The Kier molecular flexibility index (Phi) is 7.59. The van der Waals surface area contributed by atoms with Crippen LogP contribution in [0, 0.1) is 5.41 Å². The Morgan fingerprint density at radius 2 is 1.18 bits per heavy atom. The molecule has 0 amide bonds. The third-order valence-electron chi connectivity index (χ3n) is 12.2. The van der Waals surface area contributed by atoms with Gasteiger partial charge in [-0.15, -0.1) is 0 Å². The summed E-state index contributed by atoms with van der Waals surface area (Å²) >= 11 is 0. The highest BCUT2D eigenvalue weighted by molar-refractivity contribution is 6.05. The molecule has 0 unspecified atom stereocenters. The Hall–Kier alpha value is -4.94. The van der Waals surface area contributed by atoms with Crippen molar-refractivity contribution >= 4 is 22.4 Å². The summed E-state index contributed by atoms with van der Waals surface area (Å²) in [5.41, 5.74) is 21.3. The molecule has 6 aromatic carbocycles. The highest BCUT2D eigenvalue weighted by atomic mass is 14.4. The normalized spacial score (nSPS) is 15.3. The molecule has 51 heavy (non-hydrogen) atoms. The fourth-order valence-corrected chi connectivity index (χ4v) is 9.72. The van der Waals surface area contributed by atoms with Crippen LogP contribution in [0.1, 0.15) is 94.5 Å². The zero-order chi connectivity index (χ0) is 34.9. The van der Waals surface area contributed by atoms with Crippen LogP contribution in [-0.2, 0) is 11.8 Å². The lowest BCUT2D eigenvalue weighted by Crippen LogP contribution is -2.25. The summed E-state index contributed by atoms with van der Waals surface area (Å²) < 4.78 is 0. The molecule has 0 heteroatoms. The van der Waals surface area contributed by atoms with E-state index in [2.05, 4.69) is 162 Å². The van der Waals surface area contributed by atoms with E-state index in [1.807, 2.05) is 0 Å². The first-order valence-corrected chi connectivity index (χ1v) is 19.2. The van der Waals surface area contributed by atoms with Crippen molar-refractivity contribution in [3.05, 3.63) is 155 Å². The Bertz CT molecular complexity index is 2380. The van der Waals surface area contributed by atoms with Gasteiger partial charge in [0.25, 0.3) is 0 Å². The SMILES string of the molecule is CCCC1(CCC)c2ccccc2-c2ccc(-c3ccc(-c4ccc(-c5ccc6ccc7c8c6c5CC=C8CC(C(C)(C)C)=C7)cc4)cc3)cc21. The van der Waals surface area contributed by atoms with E-state index in [1.165, 1.54) is 120 Å². The zero-order valence-electron chi connectivity index (χ0n) is 30.9. The second-order valence-corrected chi connectivity index (χ2v) is 16.3. The minimum atomic E-state index is 0.113. The molecule has 0 nitrogen and oxygen atoms in total. The molecule has 0 spiro atoms. The van der Waals surface area contributed by atoms with Crippen molar-refractivity contribution in [2.45, 2.75) is 78.6 Å². The van der Waals surface area contributed by atoms with Crippen LogP contribution in [0.2, 0.25) is 0 Å². The molecule has 0 heterocycles. The third-order valence-corrected chi connectivity index (χ3v) is 12.2. The van der Waals surface area contributed by atoms with Crippen LogP contribution in [0.15, 0.2) is 127 Å². The second-order valence-electron chi connectivity index (χ2n) is 16.3. The lowest BCUT2D eigenvalue weighted by molar-refractivity contribution is 0.436. The summed E-state index contributed by atoms with van der Waals surface area (Å²) in [5.74, 6) is 0. The summed E-state index contributed by atoms with van der Waals surface area (Å²) in [7, 11) is 0. The lowest BCUT2D eigenvalue weighted by Gasteiger charge is -2.32. The number of hydrogen-bond donors (Lipinski definition) is 0. The molecule has 9 rings (SSSR count). The van der Waals surface area contributed by atoms with Crippen molar-refractivity contribution in [1.82, 2.24) is 0 Å². The van der Waals surface area contributed by atoms with Gasteiger partial charge in [0.05, 0.1) is 0 Å². The fraction of sp³-hybridized carbons (Fsp3) is 0.255. The van der Waals surface area contributed by atoms with Crippen LogP contribution in [0.4, 0.5) is 0 Å². The van der Waals surface area contributed by atoms with E-state index in [9.17, 15) is 0 Å². The summed E-state index contributed by atoms with van der Waals surface area (Å²) in [4.78, 5) is 0. The molecular formula is C51H48. The molecule has 0 N–H and O–H groups in total. The number of rotatable bonds is 7. The monoisotopic (exact) mass is 660 g/mol. The molecule has 0 radical (unpaired) electrons. The van der Waals surface area contributed by atoms with Crippen LogP contribution < -0.4 is 0 Å². The highest BCUT2D eigenvalue weighted by Crippen LogP contribution is 2.54. The van der Waals surface area contributed by atoms with Gasteiger partial charge in [-0.3, -0.25) is 0 Å². The quantitative estimate of drug-likeness (QED) is 0.160. The summed E-state index contributed by atoms with van der Waals surface area (Å²) in [5, 5.41) is 2.82. The number of benzene rings is 6. The molecular weight excluding hydrogens is 613 g/mol. The van der Waals surface area contributed by atoms with Gasteiger partial charge in [-0.05, 0) is 126 Å². The summed E-state index contributed by atoms with van der Waals surface area (Å²) in [6, 6.07) is 44.2. The maximum atomic E-state index is 2.51. The van der Waals surface area contributed by atoms with Crippen LogP contribution in [0.5, 0.6) is 0 Å². The standard InChI is InChI=1S/C51H48/c1-6-28-51(29-7-2)46-11-9-8-10-43(46)44-26-23-38(32-47(44)51)35-14-12-33(13-15-35)34-16-18-36(19-17-34)42-25-22-37-20-21-39-30-41(50(3,4)5)31-40-24-27-45(42)49(37)48(39)40/h8-26,30,32H,6-7,27-29,31H2,1-5H3. The zero-order valence-corrected chi connectivity index (χ0v) is 30.9. The summed E-state index contributed by atoms with van der Waals surface area (Å²) in [6.07, 6.45) is 11.8. The van der Waals surface area contributed by atoms with Gasteiger partial charge in [0.15, 0.2) is 0 Å². The van der Waals surface area contributed by atoms with E-state index in [4.69, 9.17) is 0 Å². The molecule has 3 aliphatic carbocycles. The van der Waals surface area contributed by atoms with Gasteiger partial charge in [0.1, 0.15) is 0 Å². The smallest absolute Gasteiger partial charge is 0.0215 e. The lowest BCUT2D eigenvalue weighted by atomic mass is 9.71. The first kappa shape index (κ1) is 32.0. The van der Waals surface area contributed by atoms with Gasteiger partial charge < -0.3 is 0 Å². The van der Waals surface area contributed by atoms with E-state index >= 15 is 0 Å². The Labute approximate surface area is 304 Å². The van der Waals surface area contributed by atoms with Gasteiger partial charge in [-0.1, -0.05) is 174 Å². The number of fused-ring (bicyclic) bond motifs is 3. The van der Waals surface area contributed by atoms with E-state index in [1.54, 1.807) is 0 Å². The molecule has 0 atom stereocenters. The molecule has 0 aliphatic heterocycles. The van der Waals surface area contributed by atoms with Crippen LogP contribution in [0.3, 0.4) is 0 Å². The van der Waals surface area contributed by atoms with Crippen LogP contribution in [-0.4, -0.2) is 0 Å². The van der Waals surface area contributed by atoms with Crippen molar-refractivity contribution in [2.24, 2.45) is 5.41 Å². The van der Waals surface area contributed by atoms with E-state index in [0.717, 1.165) is 12.8 Å².